The van der Waals surface area contributed by atoms with Crippen LogP contribution in [0.4, 0.5) is 0 Å². The molecular formula is C24H40N4O2. The molecule has 0 aromatic carbocycles. The maximum Gasteiger partial charge on any atom is 0.217 e. The highest BCUT2D eigenvalue weighted by molar-refractivity contribution is 5.73. The Balaban J connectivity index is 1.55. The van der Waals surface area contributed by atoms with Crippen molar-refractivity contribution in [1.82, 2.24) is 0 Å². The standard InChI is InChI=1S/C24H40N4O2/c1-14(4-9-22(25)30)18-7-8-19-17-6-5-15-12-16(27-28-26)10-11-23(15,2)20(17)13-21(29)24(18,19)3/h14-21,29H,4-13H2,1-3H3,(H2,25,30)/t14-,15-,16?,17+,18-,19+,20+,21+,23+,24-/m1/s1. The number of primary amides is 1. The molecule has 0 aromatic heterocycles. The summed E-state index contributed by atoms with van der Waals surface area (Å²) in [7, 11) is 0. The van der Waals surface area contributed by atoms with Crippen LogP contribution in [-0.2, 0) is 4.79 Å². The van der Waals surface area contributed by atoms with E-state index in [9.17, 15) is 9.90 Å². The third-order valence-electron chi connectivity index (χ3n) is 10.6. The summed E-state index contributed by atoms with van der Waals surface area (Å²) in [5, 5.41) is 15.6. The van der Waals surface area contributed by atoms with Crippen LogP contribution in [0.2, 0.25) is 0 Å². The number of nitrogens with two attached hydrogens (primary N) is 1. The zero-order valence-electron chi connectivity index (χ0n) is 19.0. The number of hydrogen-bond donors (Lipinski definition) is 2. The van der Waals surface area contributed by atoms with Crippen LogP contribution >= 0.6 is 0 Å². The first-order valence-corrected chi connectivity index (χ1v) is 12.2. The summed E-state index contributed by atoms with van der Waals surface area (Å²) >= 11 is 0. The first-order valence-electron chi connectivity index (χ1n) is 12.2. The molecule has 6 heteroatoms. The van der Waals surface area contributed by atoms with Crippen molar-refractivity contribution in [1.29, 1.82) is 0 Å². The Bertz CT molecular complexity index is 722. The lowest BCUT2D eigenvalue weighted by Gasteiger charge is -2.62. The third kappa shape index (κ3) is 3.35. The molecule has 4 fully saturated rings. The van der Waals surface area contributed by atoms with Crippen molar-refractivity contribution in [3.8, 4) is 0 Å². The molecule has 168 valence electrons. The van der Waals surface area contributed by atoms with E-state index < -0.39 is 0 Å². The fourth-order valence-electron chi connectivity index (χ4n) is 8.91. The predicted octanol–water partition coefficient (Wildman–Crippen LogP) is 5.20. The number of carbonyl (C=O) groups excluding carboxylic acids is 1. The molecule has 3 N–H and O–H groups in total. The van der Waals surface area contributed by atoms with Gasteiger partial charge in [-0.05, 0) is 110 Å². The monoisotopic (exact) mass is 416 g/mol. The van der Waals surface area contributed by atoms with Crippen LogP contribution in [0.25, 0.3) is 10.4 Å². The summed E-state index contributed by atoms with van der Waals surface area (Å²) < 4.78 is 0. The molecule has 0 aromatic rings. The van der Waals surface area contributed by atoms with Crippen molar-refractivity contribution in [2.45, 2.75) is 97.1 Å². The van der Waals surface area contributed by atoms with E-state index in [-0.39, 0.29) is 28.9 Å². The Labute approximate surface area is 181 Å². The van der Waals surface area contributed by atoms with Crippen LogP contribution < -0.4 is 5.73 Å². The zero-order valence-corrected chi connectivity index (χ0v) is 19.0. The quantitative estimate of drug-likeness (QED) is 0.365. The average Bonchev–Trinajstić information content (AvgIpc) is 3.06. The maximum atomic E-state index is 11.6. The van der Waals surface area contributed by atoms with Crippen molar-refractivity contribution in [2.24, 2.45) is 57.2 Å². The highest BCUT2D eigenvalue weighted by atomic mass is 16.3. The molecule has 0 spiro atoms. The number of fused-ring (bicyclic) bond motifs is 5. The van der Waals surface area contributed by atoms with Gasteiger partial charge < -0.3 is 10.8 Å². The lowest BCUT2D eigenvalue weighted by Crippen LogP contribution is -2.58. The lowest BCUT2D eigenvalue weighted by molar-refractivity contribution is -0.169. The van der Waals surface area contributed by atoms with Crippen LogP contribution in [0.3, 0.4) is 0 Å². The van der Waals surface area contributed by atoms with Crippen molar-refractivity contribution in [3.63, 3.8) is 0 Å². The van der Waals surface area contributed by atoms with Crippen LogP contribution in [0.15, 0.2) is 5.11 Å². The van der Waals surface area contributed by atoms with Gasteiger partial charge in [-0.25, -0.2) is 0 Å². The second kappa shape index (κ2) is 8.02. The SMILES string of the molecule is C[C@H](CCC(N)=O)[C@H]1CC[C@H]2[C@@H]3CC[C@@H]4CC(N=[N+]=[N-])CC[C@]4(C)[C@H]3C[C@H](O)[C@]12C. The molecule has 4 saturated carbocycles. The number of amides is 1. The first kappa shape index (κ1) is 22.0. The van der Waals surface area contributed by atoms with E-state index >= 15 is 0 Å². The highest BCUT2D eigenvalue weighted by Crippen LogP contribution is 2.68. The van der Waals surface area contributed by atoms with E-state index in [0.717, 1.165) is 32.1 Å². The average molecular weight is 417 g/mol. The van der Waals surface area contributed by atoms with Crippen molar-refractivity contribution < 1.29 is 9.90 Å². The number of aliphatic hydroxyl groups excluding tert-OH is 1. The summed E-state index contributed by atoms with van der Waals surface area (Å²) in [6.45, 7) is 7.08. The smallest absolute Gasteiger partial charge is 0.217 e. The van der Waals surface area contributed by atoms with Gasteiger partial charge in [-0.2, -0.15) is 0 Å². The maximum absolute atomic E-state index is 11.6. The fraction of sp³-hybridized carbons (Fsp3) is 0.958. The minimum Gasteiger partial charge on any atom is -0.393 e. The molecule has 30 heavy (non-hydrogen) atoms. The van der Waals surface area contributed by atoms with Gasteiger partial charge in [0.2, 0.25) is 5.91 Å². The first-order chi connectivity index (χ1) is 14.2. The molecule has 1 amide bonds. The summed E-state index contributed by atoms with van der Waals surface area (Å²) in [4.78, 5) is 14.4. The fourth-order valence-corrected chi connectivity index (χ4v) is 8.91. The molecule has 4 rings (SSSR count). The molecule has 1 unspecified atom stereocenters. The molecule has 0 heterocycles. The number of rotatable bonds is 5. The van der Waals surface area contributed by atoms with Gasteiger partial charge in [0.05, 0.1) is 6.10 Å². The van der Waals surface area contributed by atoms with Crippen molar-refractivity contribution in [2.75, 3.05) is 0 Å². The van der Waals surface area contributed by atoms with Crippen molar-refractivity contribution in [3.05, 3.63) is 10.4 Å². The van der Waals surface area contributed by atoms with Gasteiger partial charge in [-0.15, -0.1) is 0 Å². The Hall–Kier alpha value is -1.26. The lowest BCUT2D eigenvalue weighted by atomic mass is 9.43. The minimum absolute atomic E-state index is 0.0380. The van der Waals surface area contributed by atoms with E-state index in [1.165, 1.54) is 25.7 Å². The number of aliphatic hydroxyl groups is 1. The Morgan fingerprint density at radius 3 is 2.67 bits per heavy atom. The topological polar surface area (TPSA) is 112 Å². The van der Waals surface area contributed by atoms with Crippen LogP contribution in [0, 0.1) is 46.3 Å². The molecule has 4 aliphatic carbocycles. The third-order valence-corrected chi connectivity index (χ3v) is 10.6. The zero-order chi connectivity index (χ0) is 21.7. The minimum atomic E-state index is -0.266. The molecule has 10 atom stereocenters. The van der Waals surface area contributed by atoms with Gasteiger partial charge in [0.15, 0.2) is 0 Å². The summed E-state index contributed by atoms with van der Waals surface area (Å²) in [6, 6.07) is 0.158. The van der Waals surface area contributed by atoms with Gasteiger partial charge in [0.25, 0.3) is 0 Å². The van der Waals surface area contributed by atoms with Gasteiger partial charge in [0.1, 0.15) is 0 Å². The van der Waals surface area contributed by atoms with Gasteiger partial charge in [-0.1, -0.05) is 25.9 Å². The number of azide groups is 1. The molecule has 0 saturated heterocycles. The Morgan fingerprint density at radius 2 is 1.97 bits per heavy atom. The number of carbonyl (C=O) groups is 1. The second-order valence-corrected chi connectivity index (χ2v) is 11.6. The molecule has 4 aliphatic rings. The summed E-state index contributed by atoms with van der Waals surface area (Å²) in [6.07, 6.45) is 9.94. The molecule has 6 nitrogen and oxygen atoms in total. The molecule has 0 bridgehead atoms. The van der Waals surface area contributed by atoms with Gasteiger partial charge >= 0.3 is 0 Å². The van der Waals surface area contributed by atoms with Gasteiger partial charge in [-0.3, -0.25) is 4.79 Å². The second-order valence-electron chi connectivity index (χ2n) is 11.6. The van der Waals surface area contributed by atoms with E-state index in [2.05, 4.69) is 30.8 Å². The number of hydrogen-bond acceptors (Lipinski definition) is 3. The Morgan fingerprint density at radius 1 is 1.20 bits per heavy atom. The van der Waals surface area contributed by atoms with E-state index in [1.807, 2.05) is 0 Å². The highest BCUT2D eigenvalue weighted by Gasteiger charge is 2.63. The molecule has 0 aliphatic heterocycles. The summed E-state index contributed by atoms with van der Waals surface area (Å²) in [5.74, 6) is 3.16. The summed E-state index contributed by atoms with van der Waals surface area (Å²) in [5.41, 5.74) is 14.5. The molecular weight excluding hydrogens is 376 g/mol. The molecule has 0 radical (unpaired) electrons. The van der Waals surface area contributed by atoms with Crippen molar-refractivity contribution >= 4 is 5.91 Å². The van der Waals surface area contributed by atoms with Crippen LogP contribution in [0.1, 0.15) is 85.0 Å². The largest absolute Gasteiger partial charge is 0.393 e. The van der Waals surface area contributed by atoms with E-state index in [0.29, 0.717) is 41.9 Å². The normalized spacial score (nSPS) is 48.6. The Kier molecular flexibility index (Phi) is 5.87. The van der Waals surface area contributed by atoms with Crippen LogP contribution in [0.5, 0.6) is 0 Å². The van der Waals surface area contributed by atoms with Gasteiger partial charge in [0, 0.05) is 17.4 Å². The van der Waals surface area contributed by atoms with E-state index in [1.54, 1.807) is 0 Å². The predicted molar refractivity (Wildman–Crippen MR) is 117 cm³/mol. The van der Waals surface area contributed by atoms with E-state index in [4.69, 9.17) is 11.3 Å². The number of nitrogens with zero attached hydrogens (tertiary/aromatic N) is 3. The van der Waals surface area contributed by atoms with Crippen LogP contribution in [-0.4, -0.2) is 23.2 Å².